The number of aromatic nitrogens is 2. The van der Waals surface area contributed by atoms with E-state index in [-0.39, 0.29) is 12.0 Å². The van der Waals surface area contributed by atoms with Gasteiger partial charge in [-0.1, -0.05) is 0 Å². The molecule has 0 saturated carbocycles. The van der Waals surface area contributed by atoms with Gasteiger partial charge in [-0.05, 0) is 26.2 Å². The molecule has 0 spiro atoms. The average molecular weight is 255 g/mol. The monoisotopic (exact) mass is 255 g/mol. The molecule has 1 N–H and O–H groups in total. The molecule has 0 radical (unpaired) electrons. The van der Waals surface area contributed by atoms with Crippen molar-refractivity contribution in [2.24, 2.45) is 0 Å². The molecule has 100 valence electrons. The fourth-order valence-corrected chi connectivity index (χ4v) is 1.81. The van der Waals surface area contributed by atoms with Gasteiger partial charge >= 0.3 is 0 Å². The minimum atomic E-state index is -0.549. The summed E-state index contributed by atoms with van der Waals surface area (Å²) in [5.74, 6) is -0.193. The smallest absolute Gasteiger partial charge is 0.255 e. The first-order valence-electron chi connectivity index (χ1n) is 6.30. The number of nitrogens with zero attached hydrogens (tertiary/aromatic N) is 2. The van der Waals surface area contributed by atoms with Crippen LogP contribution < -0.4 is 10.1 Å². The molecule has 0 amide bonds. The Morgan fingerprint density at radius 1 is 1.56 bits per heavy atom. The maximum Gasteiger partial charge on any atom is 0.255 e. The molecule has 1 aromatic heterocycles. The molecule has 1 saturated heterocycles. The number of hydrogen-bond acceptors (Lipinski definition) is 5. The van der Waals surface area contributed by atoms with Gasteiger partial charge < -0.3 is 14.8 Å². The van der Waals surface area contributed by atoms with Crippen LogP contribution in [-0.2, 0) is 4.74 Å². The Morgan fingerprint density at radius 2 is 2.44 bits per heavy atom. The van der Waals surface area contributed by atoms with E-state index >= 15 is 0 Å². The number of anilines is 1. The molecule has 0 aromatic carbocycles. The number of rotatable bonds is 5. The molecule has 1 aliphatic rings. The Kier molecular flexibility index (Phi) is 4.69. The van der Waals surface area contributed by atoms with Crippen LogP contribution in [-0.4, -0.2) is 35.8 Å². The van der Waals surface area contributed by atoms with E-state index < -0.39 is 5.82 Å². The highest BCUT2D eigenvalue weighted by Gasteiger charge is 2.16. The molecule has 6 heteroatoms. The molecule has 1 aliphatic heterocycles. The first-order valence-corrected chi connectivity index (χ1v) is 6.30. The van der Waals surface area contributed by atoms with Gasteiger partial charge in [0.1, 0.15) is 6.61 Å². The molecular formula is C12H18FN3O2. The molecule has 2 heterocycles. The van der Waals surface area contributed by atoms with Crippen molar-refractivity contribution in [3.05, 3.63) is 12.0 Å². The third-order valence-electron chi connectivity index (χ3n) is 2.73. The Hall–Kier alpha value is -1.43. The zero-order valence-electron chi connectivity index (χ0n) is 10.5. The summed E-state index contributed by atoms with van der Waals surface area (Å²) >= 11 is 0. The van der Waals surface area contributed by atoms with Crippen LogP contribution in [0.25, 0.3) is 0 Å². The Bertz CT molecular complexity index is 384. The average Bonchev–Trinajstić information content (AvgIpc) is 2.41. The normalized spacial score (nSPS) is 19.6. The van der Waals surface area contributed by atoms with Crippen LogP contribution in [0.3, 0.4) is 0 Å². The topological polar surface area (TPSA) is 56.3 Å². The van der Waals surface area contributed by atoms with Crippen molar-refractivity contribution in [1.82, 2.24) is 9.97 Å². The van der Waals surface area contributed by atoms with Gasteiger partial charge in [0.15, 0.2) is 0 Å². The van der Waals surface area contributed by atoms with Crippen molar-refractivity contribution in [3.8, 4) is 5.88 Å². The van der Waals surface area contributed by atoms with Crippen molar-refractivity contribution in [1.29, 1.82) is 0 Å². The summed E-state index contributed by atoms with van der Waals surface area (Å²) in [5, 5.41) is 2.91. The highest BCUT2D eigenvalue weighted by Crippen LogP contribution is 2.17. The highest BCUT2D eigenvalue weighted by atomic mass is 19.1. The Morgan fingerprint density at radius 3 is 3.17 bits per heavy atom. The predicted molar refractivity (Wildman–Crippen MR) is 65.2 cm³/mol. The van der Waals surface area contributed by atoms with E-state index in [4.69, 9.17) is 9.47 Å². The zero-order valence-corrected chi connectivity index (χ0v) is 10.5. The summed E-state index contributed by atoms with van der Waals surface area (Å²) in [5.41, 5.74) is 0. The predicted octanol–water partition coefficient (Wildman–Crippen LogP) is 2.00. The molecule has 1 aromatic rings. The van der Waals surface area contributed by atoms with Gasteiger partial charge in [0, 0.05) is 13.2 Å². The van der Waals surface area contributed by atoms with Crippen molar-refractivity contribution < 1.29 is 13.9 Å². The third-order valence-corrected chi connectivity index (χ3v) is 2.73. The zero-order chi connectivity index (χ0) is 12.8. The third kappa shape index (κ3) is 3.53. The van der Waals surface area contributed by atoms with E-state index in [9.17, 15) is 4.39 Å². The lowest BCUT2D eigenvalue weighted by Crippen LogP contribution is -2.26. The van der Waals surface area contributed by atoms with Gasteiger partial charge in [-0.15, -0.1) is 0 Å². The molecule has 0 bridgehead atoms. The maximum atomic E-state index is 13.4. The summed E-state index contributed by atoms with van der Waals surface area (Å²) in [4.78, 5) is 7.79. The van der Waals surface area contributed by atoms with E-state index in [0.717, 1.165) is 32.1 Å². The van der Waals surface area contributed by atoms with Crippen LogP contribution in [0.1, 0.15) is 26.2 Å². The molecule has 0 aliphatic carbocycles. The number of halogens is 1. The SMILES string of the molecule is CCNc1ncc(F)c(OCC2CCCCO2)n1. The highest BCUT2D eigenvalue weighted by molar-refractivity contribution is 5.28. The fourth-order valence-electron chi connectivity index (χ4n) is 1.81. The van der Waals surface area contributed by atoms with Gasteiger partial charge in [0.2, 0.25) is 11.8 Å². The largest absolute Gasteiger partial charge is 0.473 e. The van der Waals surface area contributed by atoms with E-state index in [1.807, 2.05) is 6.92 Å². The molecule has 1 unspecified atom stereocenters. The van der Waals surface area contributed by atoms with Gasteiger partial charge in [0.05, 0.1) is 12.3 Å². The Labute approximate surface area is 106 Å². The van der Waals surface area contributed by atoms with Crippen LogP contribution in [0.15, 0.2) is 6.20 Å². The van der Waals surface area contributed by atoms with Crippen LogP contribution in [0.2, 0.25) is 0 Å². The van der Waals surface area contributed by atoms with E-state index in [2.05, 4.69) is 15.3 Å². The summed E-state index contributed by atoms with van der Waals surface area (Å²) in [6.45, 7) is 3.68. The number of nitrogens with one attached hydrogen (secondary N) is 1. The van der Waals surface area contributed by atoms with E-state index in [0.29, 0.717) is 19.1 Å². The van der Waals surface area contributed by atoms with Gasteiger partial charge in [-0.25, -0.2) is 4.98 Å². The summed E-state index contributed by atoms with van der Waals surface area (Å²) in [7, 11) is 0. The number of ether oxygens (including phenoxy) is 2. The lowest BCUT2D eigenvalue weighted by atomic mass is 10.1. The lowest BCUT2D eigenvalue weighted by molar-refractivity contribution is -0.0127. The van der Waals surface area contributed by atoms with Gasteiger partial charge in [-0.2, -0.15) is 9.37 Å². The van der Waals surface area contributed by atoms with Crippen LogP contribution >= 0.6 is 0 Å². The summed E-state index contributed by atoms with van der Waals surface area (Å²) in [6, 6.07) is 0. The minimum absolute atomic E-state index is 0.0184. The maximum absolute atomic E-state index is 13.4. The second-order valence-corrected chi connectivity index (χ2v) is 4.18. The van der Waals surface area contributed by atoms with Crippen molar-refractivity contribution in [2.75, 3.05) is 25.1 Å². The van der Waals surface area contributed by atoms with Crippen molar-refractivity contribution >= 4 is 5.95 Å². The Balaban J connectivity index is 1.92. The molecular weight excluding hydrogens is 237 g/mol. The van der Waals surface area contributed by atoms with Gasteiger partial charge in [-0.3, -0.25) is 0 Å². The lowest BCUT2D eigenvalue weighted by Gasteiger charge is -2.22. The van der Waals surface area contributed by atoms with E-state index in [1.165, 1.54) is 0 Å². The van der Waals surface area contributed by atoms with E-state index in [1.54, 1.807) is 0 Å². The van der Waals surface area contributed by atoms with Gasteiger partial charge in [0.25, 0.3) is 5.88 Å². The second kappa shape index (κ2) is 6.49. The molecule has 1 fully saturated rings. The van der Waals surface area contributed by atoms with Crippen LogP contribution in [0, 0.1) is 5.82 Å². The minimum Gasteiger partial charge on any atom is -0.473 e. The quantitative estimate of drug-likeness (QED) is 0.872. The van der Waals surface area contributed by atoms with Crippen molar-refractivity contribution in [3.63, 3.8) is 0 Å². The first-order chi connectivity index (χ1) is 8.79. The second-order valence-electron chi connectivity index (χ2n) is 4.18. The standard InChI is InChI=1S/C12H18FN3O2/c1-2-14-12-15-7-10(13)11(16-12)18-8-9-5-3-4-6-17-9/h7,9H,2-6,8H2,1H3,(H,14,15,16). The summed E-state index contributed by atoms with van der Waals surface area (Å²) < 4.78 is 24.3. The fraction of sp³-hybridized carbons (Fsp3) is 0.667. The molecule has 2 rings (SSSR count). The molecule has 18 heavy (non-hydrogen) atoms. The summed E-state index contributed by atoms with van der Waals surface area (Å²) in [6.07, 6.45) is 4.32. The van der Waals surface area contributed by atoms with Crippen molar-refractivity contribution in [2.45, 2.75) is 32.3 Å². The molecule has 1 atom stereocenters. The first kappa shape index (κ1) is 13.0. The van der Waals surface area contributed by atoms with Crippen LogP contribution in [0.5, 0.6) is 5.88 Å². The number of hydrogen-bond donors (Lipinski definition) is 1. The van der Waals surface area contributed by atoms with Crippen LogP contribution in [0.4, 0.5) is 10.3 Å². The molecule has 5 nitrogen and oxygen atoms in total.